The molecule has 0 saturated carbocycles. The van der Waals surface area contributed by atoms with Crippen molar-refractivity contribution in [2.24, 2.45) is 5.73 Å². The molecule has 0 radical (unpaired) electrons. The molecule has 0 unspecified atom stereocenters. The van der Waals surface area contributed by atoms with Crippen molar-refractivity contribution < 1.29 is 17.4 Å². The Hall–Kier alpha value is -0.620. The molecule has 0 amide bonds. The maximum atomic E-state index is 10.6. The molecule has 2 N–H and O–H groups in total. The first kappa shape index (κ1) is 10.4. The van der Waals surface area contributed by atoms with Gasteiger partial charge in [0, 0.05) is 6.04 Å². The second kappa shape index (κ2) is 3.68. The van der Waals surface area contributed by atoms with Gasteiger partial charge < -0.3 is 9.92 Å². The van der Waals surface area contributed by atoms with Crippen molar-refractivity contribution in [1.82, 2.24) is 0 Å². The van der Waals surface area contributed by atoms with Crippen molar-refractivity contribution in [3.05, 3.63) is 0 Å². The van der Waals surface area contributed by atoms with Crippen LogP contribution in [-0.2, 0) is 19.1 Å². The van der Waals surface area contributed by atoms with Gasteiger partial charge in [-0.25, -0.2) is 0 Å². The monoisotopic (exact) mass is 181 g/mol. The van der Waals surface area contributed by atoms with Gasteiger partial charge in [0.15, 0.2) is 0 Å². The van der Waals surface area contributed by atoms with E-state index in [4.69, 9.17) is 5.73 Å². The van der Waals surface area contributed by atoms with E-state index in [1.54, 1.807) is 6.92 Å². The molecule has 0 heterocycles. The molecule has 0 spiro atoms. The predicted molar refractivity (Wildman–Crippen MR) is 39.2 cm³/mol. The van der Waals surface area contributed by atoms with Crippen LogP contribution in [0.5, 0.6) is 0 Å². The van der Waals surface area contributed by atoms with E-state index in [0.29, 0.717) is 0 Å². The van der Waals surface area contributed by atoms with Crippen molar-refractivity contribution in [3.63, 3.8) is 0 Å². The van der Waals surface area contributed by atoms with Crippen molar-refractivity contribution in [1.29, 1.82) is 0 Å². The molecule has 0 saturated heterocycles. The van der Waals surface area contributed by atoms with Crippen LogP contribution in [0, 0.1) is 0 Å². The molecule has 0 bridgehead atoms. The van der Waals surface area contributed by atoms with E-state index in [2.05, 4.69) is 4.18 Å². The molecule has 11 heavy (non-hydrogen) atoms. The molecular formula is C5H11NO4S. The van der Waals surface area contributed by atoms with Crippen molar-refractivity contribution in [2.45, 2.75) is 19.4 Å². The van der Waals surface area contributed by atoms with E-state index in [0.717, 1.165) is 6.26 Å². The fourth-order valence-electron chi connectivity index (χ4n) is 0.466. The molecule has 0 aliphatic rings. The Morgan fingerprint density at radius 3 is 2.36 bits per heavy atom. The van der Waals surface area contributed by atoms with Crippen LogP contribution in [0.2, 0.25) is 0 Å². The lowest BCUT2D eigenvalue weighted by atomic mass is 10.3. The lowest BCUT2D eigenvalue weighted by molar-refractivity contribution is -0.134. The third-order valence-corrected chi connectivity index (χ3v) is 1.22. The van der Waals surface area contributed by atoms with Crippen LogP contribution in [0.25, 0.3) is 0 Å². The van der Waals surface area contributed by atoms with Crippen molar-refractivity contribution in [3.8, 4) is 0 Å². The number of rotatable bonds is 3. The third-order valence-electron chi connectivity index (χ3n) is 0.733. The fraction of sp³-hybridized carbons (Fsp3) is 0.800. The molecule has 0 aromatic rings. The number of hydrogen-bond donors (Lipinski definition) is 1. The molecule has 0 rings (SSSR count). The van der Waals surface area contributed by atoms with Crippen molar-refractivity contribution >= 4 is 16.1 Å². The third kappa shape index (κ3) is 7.27. The smallest absolute Gasteiger partial charge is 0.323 e. The fourth-order valence-corrected chi connectivity index (χ4v) is 0.871. The molecule has 0 fully saturated rings. The second-order valence-corrected chi connectivity index (χ2v) is 3.92. The Morgan fingerprint density at radius 2 is 2.09 bits per heavy atom. The first-order valence-corrected chi connectivity index (χ1v) is 4.81. The highest BCUT2D eigenvalue weighted by Gasteiger charge is 2.12. The Morgan fingerprint density at radius 1 is 1.64 bits per heavy atom. The normalized spacial score (nSPS) is 14.1. The van der Waals surface area contributed by atoms with E-state index in [-0.39, 0.29) is 12.5 Å². The van der Waals surface area contributed by atoms with Gasteiger partial charge >= 0.3 is 16.1 Å². The van der Waals surface area contributed by atoms with Gasteiger partial charge in [-0.2, -0.15) is 8.42 Å². The molecule has 66 valence electrons. The van der Waals surface area contributed by atoms with Gasteiger partial charge in [0.2, 0.25) is 0 Å². The average Bonchev–Trinajstić information content (AvgIpc) is 1.53. The van der Waals surface area contributed by atoms with Crippen LogP contribution in [0.3, 0.4) is 0 Å². The zero-order valence-electron chi connectivity index (χ0n) is 6.40. The Balaban J connectivity index is 3.91. The summed E-state index contributed by atoms with van der Waals surface area (Å²) in [6.45, 7) is 1.59. The minimum absolute atomic E-state index is 0.0902. The Labute approximate surface area is 65.6 Å². The summed E-state index contributed by atoms with van der Waals surface area (Å²) in [5.41, 5.74) is 5.22. The highest BCUT2D eigenvalue weighted by Crippen LogP contribution is 1.94. The van der Waals surface area contributed by atoms with Gasteiger partial charge in [0.05, 0.1) is 12.7 Å². The van der Waals surface area contributed by atoms with Gasteiger partial charge in [0.1, 0.15) is 0 Å². The van der Waals surface area contributed by atoms with Gasteiger partial charge in [-0.15, -0.1) is 0 Å². The SMILES string of the molecule is C[C@H](N)CC(=O)OS(C)(=O)=O. The summed E-state index contributed by atoms with van der Waals surface area (Å²) in [6, 6.07) is -0.385. The first-order chi connectivity index (χ1) is 4.81. The molecular weight excluding hydrogens is 170 g/mol. The molecule has 0 aromatic carbocycles. The Bertz CT molecular complexity index is 231. The molecule has 0 aliphatic carbocycles. The van der Waals surface area contributed by atoms with Gasteiger partial charge in [-0.1, -0.05) is 0 Å². The number of carbonyl (C=O) groups excluding carboxylic acids is 1. The molecule has 1 atom stereocenters. The Kier molecular flexibility index (Phi) is 3.47. The highest BCUT2D eigenvalue weighted by molar-refractivity contribution is 7.86. The maximum absolute atomic E-state index is 10.6. The summed E-state index contributed by atoms with van der Waals surface area (Å²) >= 11 is 0. The summed E-state index contributed by atoms with van der Waals surface area (Å²) in [5, 5.41) is 0. The van der Waals surface area contributed by atoms with Crippen LogP contribution in [-0.4, -0.2) is 26.7 Å². The van der Waals surface area contributed by atoms with E-state index in [1.165, 1.54) is 0 Å². The van der Waals surface area contributed by atoms with Gasteiger partial charge in [-0.05, 0) is 6.92 Å². The summed E-state index contributed by atoms with van der Waals surface area (Å²) in [5.74, 6) is -0.817. The first-order valence-electron chi connectivity index (χ1n) is 2.99. The maximum Gasteiger partial charge on any atom is 0.323 e. The largest absolute Gasteiger partial charge is 0.346 e. The second-order valence-electron chi connectivity index (χ2n) is 2.34. The zero-order chi connectivity index (χ0) is 9.07. The minimum Gasteiger partial charge on any atom is -0.346 e. The number of carbonyl (C=O) groups is 1. The van der Waals surface area contributed by atoms with E-state index < -0.39 is 16.1 Å². The van der Waals surface area contributed by atoms with E-state index >= 15 is 0 Å². The van der Waals surface area contributed by atoms with Crippen LogP contribution in [0.4, 0.5) is 0 Å². The summed E-state index contributed by atoms with van der Waals surface area (Å²) < 4.78 is 24.7. The van der Waals surface area contributed by atoms with E-state index in [9.17, 15) is 13.2 Å². The summed E-state index contributed by atoms with van der Waals surface area (Å²) in [6.07, 6.45) is 0.721. The van der Waals surface area contributed by atoms with Gasteiger partial charge in [-0.3, -0.25) is 4.79 Å². The van der Waals surface area contributed by atoms with Crippen molar-refractivity contribution in [2.75, 3.05) is 6.26 Å². The van der Waals surface area contributed by atoms with E-state index in [1.807, 2.05) is 0 Å². The predicted octanol–water partition coefficient (Wildman–Crippen LogP) is -0.774. The van der Waals surface area contributed by atoms with Crippen LogP contribution < -0.4 is 5.73 Å². The minimum atomic E-state index is -3.67. The quantitative estimate of drug-likeness (QED) is 0.577. The number of hydrogen-bond acceptors (Lipinski definition) is 5. The van der Waals surface area contributed by atoms with Gasteiger partial charge in [0.25, 0.3) is 0 Å². The average molecular weight is 181 g/mol. The van der Waals surface area contributed by atoms with Crippen LogP contribution in [0.1, 0.15) is 13.3 Å². The highest BCUT2D eigenvalue weighted by atomic mass is 32.2. The summed E-state index contributed by atoms with van der Waals surface area (Å²) in [4.78, 5) is 10.6. The summed E-state index contributed by atoms with van der Waals surface area (Å²) in [7, 11) is -3.67. The lowest BCUT2D eigenvalue weighted by Gasteiger charge is -2.02. The molecule has 0 aliphatic heterocycles. The van der Waals surface area contributed by atoms with Crippen LogP contribution in [0.15, 0.2) is 0 Å². The van der Waals surface area contributed by atoms with Crippen LogP contribution >= 0.6 is 0 Å². The zero-order valence-corrected chi connectivity index (χ0v) is 7.22. The standard InChI is InChI=1S/C5H11NO4S/c1-4(6)3-5(7)10-11(2,8)9/h4H,3,6H2,1-2H3/t4-/m0/s1. The molecule has 0 aromatic heterocycles. The topological polar surface area (TPSA) is 86.5 Å². The lowest BCUT2D eigenvalue weighted by Crippen LogP contribution is -2.22. The molecule has 6 heteroatoms. The molecule has 5 nitrogen and oxygen atoms in total. The number of nitrogens with two attached hydrogens (primary N) is 1.